The monoisotopic (exact) mass is 305 g/mol. The molecule has 5 nitrogen and oxygen atoms in total. The molecule has 0 aliphatic rings. The molecule has 20 heavy (non-hydrogen) atoms. The van der Waals surface area contributed by atoms with Crippen molar-refractivity contribution in [3.05, 3.63) is 57.6 Å². The van der Waals surface area contributed by atoms with Crippen LogP contribution in [0.4, 0.5) is 5.69 Å². The molecular weight excluding hydrogens is 298 g/mol. The zero-order valence-electron chi connectivity index (χ0n) is 10.0. The quantitative estimate of drug-likeness (QED) is 0.579. The minimum atomic E-state index is -0.511. The molecule has 3 aromatic rings. The third-order valence-corrected chi connectivity index (χ3v) is 3.90. The maximum absolute atomic E-state index is 11.1. The van der Waals surface area contributed by atoms with Crippen molar-refractivity contribution in [1.82, 2.24) is 9.97 Å². The largest absolute Gasteiger partial charge is 0.332 e. The Labute approximate surface area is 123 Å². The molecule has 0 aliphatic carbocycles. The van der Waals surface area contributed by atoms with Crippen LogP contribution in [0.2, 0.25) is 5.02 Å². The second-order valence-electron chi connectivity index (χ2n) is 4.01. The van der Waals surface area contributed by atoms with E-state index in [1.165, 1.54) is 17.8 Å². The lowest BCUT2D eigenvalue weighted by atomic mass is 10.3. The average Bonchev–Trinajstić information content (AvgIpc) is 2.81. The molecule has 1 N–H and O–H groups in total. The predicted molar refractivity (Wildman–Crippen MR) is 78.3 cm³/mol. The van der Waals surface area contributed by atoms with E-state index < -0.39 is 4.92 Å². The number of aromatic nitrogens is 2. The molecule has 100 valence electrons. The molecule has 0 saturated carbocycles. The molecule has 1 heterocycles. The molecule has 0 amide bonds. The van der Waals surface area contributed by atoms with E-state index >= 15 is 0 Å². The molecule has 0 unspecified atom stereocenters. The van der Waals surface area contributed by atoms with E-state index in [0.29, 0.717) is 10.7 Å². The smallest absolute Gasteiger partial charge is 0.315 e. The SMILES string of the molecule is O=[N+]([O-])c1c(Cl)ccc2[nH]c(Sc3ccccc3)nc12. The summed E-state index contributed by atoms with van der Waals surface area (Å²) in [6, 6.07) is 12.8. The minimum absolute atomic E-state index is 0.0882. The molecule has 0 aliphatic heterocycles. The van der Waals surface area contributed by atoms with E-state index in [0.717, 1.165) is 4.90 Å². The number of nitro groups is 1. The van der Waals surface area contributed by atoms with E-state index in [1.54, 1.807) is 6.07 Å². The number of H-pyrrole nitrogens is 1. The summed E-state index contributed by atoms with van der Waals surface area (Å²) in [6.07, 6.45) is 0. The van der Waals surface area contributed by atoms with Crippen molar-refractivity contribution in [2.45, 2.75) is 10.1 Å². The number of nitrogens with zero attached hydrogens (tertiary/aromatic N) is 2. The average molecular weight is 306 g/mol. The number of fused-ring (bicyclic) bond motifs is 1. The highest BCUT2D eigenvalue weighted by molar-refractivity contribution is 7.99. The van der Waals surface area contributed by atoms with Gasteiger partial charge in [-0.05, 0) is 24.3 Å². The van der Waals surface area contributed by atoms with Crippen molar-refractivity contribution in [2.24, 2.45) is 0 Å². The summed E-state index contributed by atoms with van der Waals surface area (Å²) in [7, 11) is 0. The van der Waals surface area contributed by atoms with Crippen LogP contribution in [0.1, 0.15) is 0 Å². The van der Waals surface area contributed by atoms with E-state index in [2.05, 4.69) is 9.97 Å². The number of hydrogen-bond donors (Lipinski definition) is 1. The number of nitro benzene ring substituents is 1. The van der Waals surface area contributed by atoms with Crippen LogP contribution in [0, 0.1) is 10.1 Å². The first-order chi connectivity index (χ1) is 9.65. The van der Waals surface area contributed by atoms with Crippen LogP contribution in [-0.2, 0) is 0 Å². The Hall–Kier alpha value is -2.05. The van der Waals surface area contributed by atoms with Crippen molar-refractivity contribution in [1.29, 1.82) is 0 Å². The molecule has 0 spiro atoms. The summed E-state index contributed by atoms with van der Waals surface area (Å²) in [4.78, 5) is 18.9. The molecule has 0 radical (unpaired) electrons. The summed E-state index contributed by atoms with van der Waals surface area (Å²) >= 11 is 7.27. The van der Waals surface area contributed by atoms with Gasteiger partial charge in [0, 0.05) is 4.90 Å². The zero-order chi connectivity index (χ0) is 14.1. The van der Waals surface area contributed by atoms with Crippen LogP contribution in [0.5, 0.6) is 0 Å². The second kappa shape index (κ2) is 5.15. The molecule has 0 fully saturated rings. The fourth-order valence-corrected chi connectivity index (χ4v) is 2.87. The highest BCUT2D eigenvalue weighted by atomic mass is 35.5. The van der Waals surface area contributed by atoms with Gasteiger partial charge in [0.2, 0.25) is 0 Å². The van der Waals surface area contributed by atoms with E-state index in [4.69, 9.17) is 11.6 Å². The number of aromatic amines is 1. The van der Waals surface area contributed by atoms with Gasteiger partial charge in [-0.2, -0.15) is 0 Å². The number of nitrogens with one attached hydrogen (secondary N) is 1. The van der Waals surface area contributed by atoms with Gasteiger partial charge in [0.1, 0.15) is 5.02 Å². The van der Waals surface area contributed by atoms with Gasteiger partial charge in [-0.15, -0.1) is 0 Å². The summed E-state index contributed by atoms with van der Waals surface area (Å²) in [6.45, 7) is 0. The highest BCUT2D eigenvalue weighted by Gasteiger charge is 2.20. The van der Waals surface area contributed by atoms with Gasteiger partial charge in [0.05, 0.1) is 10.4 Å². The lowest BCUT2D eigenvalue weighted by molar-refractivity contribution is -0.383. The number of rotatable bonds is 3. The molecule has 2 aromatic carbocycles. The van der Waals surface area contributed by atoms with E-state index in [-0.39, 0.29) is 16.2 Å². The number of hydrogen-bond acceptors (Lipinski definition) is 4. The Bertz CT molecular complexity index is 789. The third kappa shape index (κ3) is 2.35. The molecule has 1 aromatic heterocycles. The Kier molecular flexibility index (Phi) is 3.33. The van der Waals surface area contributed by atoms with Crippen molar-refractivity contribution in [3.63, 3.8) is 0 Å². The molecule has 7 heteroatoms. The number of imidazole rings is 1. The Morgan fingerprint density at radius 3 is 2.65 bits per heavy atom. The minimum Gasteiger partial charge on any atom is -0.332 e. The van der Waals surface area contributed by atoms with Gasteiger partial charge in [-0.25, -0.2) is 4.98 Å². The molecule has 0 saturated heterocycles. The maximum Gasteiger partial charge on any atom is 0.315 e. The Morgan fingerprint density at radius 1 is 1.20 bits per heavy atom. The standard InChI is InChI=1S/C13H8ClN3O2S/c14-9-6-7-10-11(12(9)17(18)19)16-13(15-10)20-8-4-2-1-3-5-8/h1-7H,(H,15,16). The first kappa shape index (κ1) is 13.0. The fourth-order valence-electron chi connectivity index (χ4n) is 1.84. The molecule has 0 atom stereocenters. The Balaban J connectivity index is 2.07. The van der Waals surface area contributed by atoms with Crippen molar-refractivity contribution < 1.29 is 4.92 Å². The van der Waals surface area contributed by atoms with E-state index in [1.807, 2.05) is 30.3 Å². The van der Waals surface area contributed by atoms with Crippen LogP contribution in [0.15, 0.2) is 52.5 Å². The summed E-state index contributed by atoms with van der Waals surface area (Å²) in [5.41, 5.74) is 0.709. The van der Waals surface area contributed by atoms with Crippen LogP contribution >= 0.6 is 23.4 Å². The van der Waals surface area contributed by atoms with Crippen molar-refractivity contribution in [2.75, 3.05) is 0 Å². The zero-order valence-corrected chi connectivity index (χ0v) is 11.6. The van der Waals surface area contributed by atoms with Gasteiger partial charge in [-0.1, -0.05) is 41.6 Å². The number of halogens is 1. The molecule has 3 rings (SSSR count). The van der Waals surface area contributed by atoms with Crippen molar-refractivity contribution in [3.8, 4) is 0 Å². The van der Waals surface area contributed by atoms with Gasteiger partial charge in [-0.3, -0.25) is 10.1 Å². The maximum atomic E-state index is 11.1. The molecule has 0 bridgehead atoms. The Morgan fingerprint density at radius 2 is 1.95 bits per heavy atom. The van der Waals surface area contributed by atoms with Crippen LogP contribution < -0.4 is 0 Å². The van der Waals surface area contributed by atoms with Gasteiger partial charge < -0.3 is 4.98 Å². The lowest BCUT2D eigenvalue weighted by Gasteiger charge is -1.95. The summed E-state index contributed by atoms with van der Waals surface area (Å²) in [5, 5.41) is 11.7. The van der Waals surface area contributed by atoms with Crippen molar-refractivity contribution >= 4 is 40.1 Å². The first-order valence-corrected chi connectivity index (χ1v) is 6.90. The van der Waals surface area contributed by atoms with Gasteiger partial charge >= 0.3 is 5.69 Å². The van der Waals surface area contributed by atoms with Crippen LogP contribution in [0.25, 0.3) is 11.0 Å². The first-order valence-electron chi connectivity index (χ1n) is 5.70. The number of benzene rings is 2. The highest BCUT2D eigenvalue weighted by Crippen LogP contribution is 2.34. The topological polar surface area (TPSA) is 71.8 Å². The summed E-state index contributed by atoms with van der Waals surface area (Å²) in [5.74, 6) is 0. The third-order valence-electron chi connectivity index (χ3n) is 2.70. The van der Waals surface area contributed by atoms with Crippen LogP contribution in [0.3, 0.4) is 0 Å². The predicted octanol–water partition coefficient (Wildman–Crippen LogP) is 4.28. The summed E-state index contributed by atoms with van der Waals surface area (Å²) < 4.78 is 0. The lowest BCUT2D eigenvalue weighted by Crippen LogP contribution is -1.90. The second-order valence-corrected chi connectivity index (χ2v) is 5.48. The van der Waals surface area contributed by atoms with Crippen LogP contribution in [-0.4, -0.2) is 14.9 Å². The molecular formula is C13H8ClN3O2S. The normalized spacial score (nSPS) is 10.8. The fraction of sp³-hybridized carbons (Fsp3) is 0. The van der Waals surface area contributed by atoms with Gasteiger partial charge in [0.15, 0.2) is 10.7 Å². The van der Waals surface area contributed by atoms with Gasteiger partial charge in [0.25, 0.3) is 0 Å². The van der Waals surface area contributed by atoms with E-state index in [9.17, 15) is 10.1 Å².